The lowest BCUT2D eigenvalue weighted by molar-refractivity contribution is 0.102. The number of hydrogen-bond donors (Lipinski definition) is 1. The highest BCUT2D eigenvalue weighted by Crippen LogP contribution is 2.25. The monoisotopic (exact) mass is 276 g/mol. The maximum absolute atomic E-state index is 10.0. The molecule has 1 N–H and O–H groups in total. The van der Waals surface area contributed by atoms with Gasteiger partial charge in [-0.3, -0.25) is 0 Å². The van der Waals surface area contributed by atoms with E-state index in [1.165, 1.54) is 19.3 Å². The third-order valence-electron chi connectivity index (χ3n) is 4.56. The first-order valence-electron chi connectivity index (χ1n) is 7.74. The number of piperidine rings is 2. The summed E-state index contributed by atoms with van der Waals surface area (Å²) in [6.07, 6.45) is 6.24. The van der Waals surface area contributed by atoms with Gasteiger partial charge in [-0.2, -0.15) is 0 Å². The van der Waals surface area contributed by atoms with Crippen molar-refractivity contribution < 1.29 is 5.11 Å². The summed E-state index contributed by atoms with van der Waals surface area (Å²) >= 11 is 0. The van der Waals surface area contributed by atoms with Crippen LogP contribution >= 0.6 is 0 Å². The van der Waals surface area contributed by atoms with Crippen molar-refractivity contribution in [2.24, 2.45) is 5.92 Å². The van der Waals surface area contributed by atoms with Gasteiger partial charge in [-0.1, -0.05) is 6.92 Å². The van der Waals surface area contributed by atoms with Crippen molar-refractivity contribution in [3.8, 4) is 0 Å². The zero-order valence-corrected chi connectivity index (χ0v) is 12.2. The SMILES string of the molecule is CC1CCN(c2cc(N3CCCCC3)ncn2)CC1O. The summed E-state index contributed by atoms with van der Waals surface area (Å²) < 4.78 is 0. The van der Waals surface area contributed by atoms with Crippen molar-refractivity contribution in [2.75, 3.05) is 36.0 Å². The van der Waals surface area contributed by atoms with E-state index in [4.69, 9.17) is 0 Å². The Bertz CT molecular complexity index is 447. The molecule has 1 aromatic rings. The largest absolute Gasteiger partial charge is 0.391 e. The minimum atomic E-state index is -0.253. The standard InChI is InChI=1S/C15H24N4O/c1-12-5-8-19(10-13(12)20)15-9-14(16-11-17-15)18-6-3-2-4-7-18/h9,11-13,20H,2-8,10H2,1H3. The van der Waals surface area contributed by atoms with Gasteiger partial charge in [0.2, 0.25) is 0 Å². The molecule has 2 aliphatic heterocycles. The molecule has 0 aliphatic carbocycles. The fourth-order valence-corrected chi connectivity index (χ4v) is 3.06. The Morgan fingerprint density at radius 2 is 1.75 bits per heavy atom. The molecule has 0 amide bonds. The van der Waals surface area contributed by atoms with Gasteiger partial charge >= 0.3 is 0 Å². The molecule has 0 aromatic carbocycles. The first-order chi connectivity index (χ1) is 9.74. The van der Waals surface area contributed by atoms with Crippen LogP contribution in [-0.4, -0.2) is 47.4 Å². The minimum Gasteiger partial charge on any atom is -0.391 e. The van der Waals surface area contributed by atoms with Crippen molar-refractivity contribution in [1.82, 2.24) is 9.97 Å². The Hall–Kier alpha value is -1.36. The summed E-state index contributed by atoms with van der Waals surface area (Å²) in [5, 5.41) is 10.0. The Morgan fingerprint density at radius 1 is 1.05 bits per heavy atom. The Balaban J connectivity index is 1.73. The zero-order valence-electron chi connectivity index (χ0n) is 12.2. The van der Waals surface area contributed by atoms with Crippen LogP contribution in [0.1, 0.15) is 32.6 Å². The normalized spacial score (nSPS) is 27.7. The average molecular weight is 276 g/mol. The van der Waals surface area contributed by atoms with E-state index in [0.717, 1.165) is 37.7 Å². The molecule has 0 bridgehead atoms. The second kappa shape index (κ2) is 5.95. The molecule has 110 valence electrons. The topological polar surface area (TPSA) is 52.5 Å². The molecule has 2 aliphatic rings. The first-order valence-corrected chi connectivity index (χ1v) is 7.74. The third kappa shape index (κ3) is 2.87. The van der Waals surface area contributed by atoms with Gasteiger partial charge in [-0.05, 0) is 31.6 Å². The smallest absolute Gasteiger partial charge is 0.134 e. The Kier molecular flexibility index (Phi) is 4.05. The molecule has 2 atom stereocenters. The fraction of sp³-hybridized carbons (Fsp3) is 0.733. The number of aromatic nitrogens is 2. The predicted molar refractivity (Wildman–Crippen MR) is 80.1 cm³/mol. The summed E-state index contributed by atoms with van der Waals surface area (Å²) in [4.78, 5) is 13.3. The van der Waals surface area contributed by atoms with E-state index in [1.54, 1.807) is 6.33 Å². The van der Waals surface area contributed by atoms with Crippen LogP contribution in [-0.2, 0) is 0 Å². The molecule has 20 heavy (non-hydrogen) atoms. The molecule has 0 saturated carbocycles. The Labute approximate surface area is 120 Å². The van der Waals surface area contributed by atoms with Crippen molar-refractivity contribution in [2.45, 2.75) is 38.7 Å². The second-order valence-corrected chi connectivity index (χ2v) is 6.06. The number of aliphatic hydroxyl groups excluding tert-OH is 1. The number of nitrogens with zero attached hydrogens (tertiary/aromatic N) is 4. The van der Waals surface area contributed by atoms with Gasteiger partial charge < -0.3 is 14.9 Å². The van der Waals surface area contributed by atoms with Crippen LogP contribution in [0.4, 0.5) is 11.6 Å². The number of anilines is 2. The lowest BCUT2D eigenvalue weighted by Gasteiger charge is -2.35. The van der Waals surface area contributed by atoms with Gasteiger partial charge in [0, 0.05) is 32.2 Å². The van der Waals surface area contributed by atoms with Crippen LogP contribution in [0.2, 0.25) is 0 Å². The maximum Gasteiger partial charge on any atom is 0.134 e. The van der Waals surface area contributed by atoms with Crippen molar-refractivity contribution in [1.29, 1.82) is 0 Å². The predicted octanol–water partition coefficient (Wildman–Crippen LogP) is 1.67. The van der Waals surface area contributed by atoms with Gasteiger partial charge in [0.05, 0.1) is 6.10 Å². The molecule has 5 nitrogen and oxygen atoms in total. The minimum absolute atomic E-state index is 0.253. The highest BCUT2D eigenvalue weighted by atomic mass is 16.3. The average Bonchev–Trinajstić information content (AvgIpc) is 2.51. The highest BCUT2D eigenvalue weighted by molar-refractivity contribution is 5.50. The van der Waals surface area contributed by atoms with E-state index in [9.17, 15) is 5.11 Å². The van der Waals surface area contributed by atoms with Crippen molar-refractivity contribution in [3.63, 3.8) is 0 Å². The van der Waals surface area contributed by atoms with Crippen molar-refractivity contribution in [3.05, 3.63) is 12.4 Å². The van der Waals surface area contributed by atoms with Crippen LogP contribution in [0.5, 0.6) is 0 Å². The molecule has 3 rings (SSSR count). The zero-order chi connectivity index (χ0) is 13.9. The van der Waals surface area contributed by atoms with Gasteiger partial charge in [-0.15, -0.1) is 0 Å². The number of β-amino-alcohol motifs (C(OH)–C–C–N with tert-alkyl or cyclic N) is 1. The summed E-state index contributed by atoms with van der Waals surface area (Å²) in [6.45, 7) is 5.94. The van der Waals surface area contributed by atoms with Crippen LogP contribution in [0.3, 0.4) is 0 Å². The summed E-state index contributed by atoms with van der Waals surface area (Å²) in [5.41, 5.74) is 0. The second-order valence-electron chi connectivity index (χ2n) is 6.06. The van der Waals surface area contributed by atoms with Crippen molar-refractivity contribution >= 4 is 11.6 Å². The van der Waals surface area contributed by atoms with E-state index in [1.807, 2.05) is 0 Å². The molecule has 2 saturated heterocycles. The Morgan fingerprint density at radius 3 is 2.45 bits per heavy atom. The van der Waals surface area contributed by atoms with Gasteiger partial charge in [0.1, 0.15) is 18.0 Å². The summed E-state index contributed by atoms with van der Waals surface area (Å²) in [5.74, 6) is 2.36. The van der Waals surface area contributed by atoms with E-state index >= 15 is 0 Å². The van der Waals surface area contributed by atoms with Crippen LogP contribution < -0.4 is 9.80 Å². The van der Waals surface area contributed by atoms with Gasteiger partial charge in [-0.25, -0.2) is 9.97 Å². The molecule has 3 heterocycles. The van der Waals surface area contributed by atoms with Crippen LogP contribution in [0.25, 0.3) is 0 Å². The molecule has 2 unspecified atom stereocenters. The lowest BCUT2D eigenvalue weighted by atomic mass is 9.96. The number of hydrogen-bond acceptors (Lipinski definition) is 5. The van der Waals surface area contributed by atoms with E-state index in [0.29, 0.717) is 12.5 Å². The van der Waals surface area contributed by atoms with E-state index in [-0.39, 0.29) is 6.10 Å². The van der Waals surface area contributed by atoms with Crippen LogP contribution in [0.15, 0.2) is 12.4 Å². The van der Waals surface area contributed by atoms with Crippen LogP contribution in [0, 0.1) is 5.92 Å². The molecule has 0 radical (unpaired) electrons. The van der Waals surface area contributed by atoms with E-state index in [2.05, 4.69) is 32.8 Å². The molecule has 1 aromatic heterocycles. The quantitative estimate of drug-likeness (QED) is 0.890. The first kappa shape index (κ1) is 13.6. The fourth-order valence-electron chi connectivity index (χ4n) is 3.06. The number of rotatable bonds is 2. The summed E-state index contributed by atoms with van der Waals surface area (Å²) in [7, 11) is 0. The maximum atomic E-state index is 10.0. The molecule has 0 spiro atoms. The highest BCUT2D eigenvalue weighted by Gasteiger charge is 2.25. The van der Waals surface area contributed by atoms with E-state index < -0.39 is 0 Å². The number of aliphatic hydroxyl groups is 1. The van der Waals surface area contributed by atoms with Gasteiger partial charge in [0.15, 0.2) is 0 Å². The molecule has 2 fully saturated rings. The molecular formula is C15H24N4O. The molecular weight excluding hydrogens is 252 g/mol. The molecule has 5 heteroatoms. The summed E-state index contributed by atoms with van der Waals surface area (Å²) in [6, 6.07) is 2.08. The third-order valence-corrected chi connectivity index (χ3v) is 4.56. The lowest BCUT2D eigenvalue weighted by Crippen LogP contribution is -2.43. The van der Waals surface area contributed by atoms with Gasteiger partial charge in [0.25, 0.3) is 0 Å².